The average Bonchev–Trinajstić information content (AvgIpc) is 2.82. The second-order valence-electron chi connectivity index (χ2n) is 7.93. The number of rotatable bonds is 14. The van der Waals surface area contributed by atoms with Crippen molar-refractivity contribution in [3.05, 3.63) is 103 Å². The van der Waals surface area contributed by atoms with Crippen LogP contribution in [0.15, 0.2) is 97.4 Å². The highest BCUT2D eigenvalue weighted by Gasteiger charge is 2.56. The molecule has 3 N–H and O–H groups in total. The Balaban J connectivity index is 3.53. The summed E-state index contributed by atoms with van der Waals surface area (Å²) in [5.41, 5.74) is -2.26. The predicted molar refractivity (Wildman–Crippen MR) is 136 cm³/mol. The highest BCUT2D eigenvalue weighted by Crippen LogP contribution is 2.39. The summed E-state index contributed by atoms with van der Waals surface area (Å²) in [5.74, 6) is 5.72. The fourth-order valence-corrected chi connectivity index (χ4v) is 3.36. The summed E-state index contributed by atoms with van der Waals surface area (Å²) >= 11 is 0. The molecule has 0 bridgehead atoms. The molecule has 0 aliphatic heterocycles. The summed E-state index contributed by atoms with van der Waals surface area (Å²) in [6.45, 7) is 13.7. The minimum absolute atomic E-state index is 0.233. The van der Waals surface area contributed by atoms with E-state index in [0.717, 1.165) is 6.08 Å². The van der Waals surface area contributed by atoms with Gasteiger partial charge in [-0.15, -0.1) is 13.2 Å². The molecule has 1 atom stereocenters. The van der Waals surface area contributed by atoms with Crippen LogP contribution in [0.3, 0.4) is 0 Å². The first kappa shape index (κ1) is 29.9. The van der Waals surface area contributed by atoms with E-state index in [1.807, 2.05) is 0 Å². The SMILES string of the molecule is C=CC/C=C\N(CCC=C)CC(O)(/C(C=C)=C/C(CC)=C(\C)N(N)c1ccc(F)cc1)C(F)(F)F. The minimum Gasteiger partial charge on any atom is -0.375 e. The van der Waals surface area contributed by atoms with Gasteiger partial charge in [-0.05, 0) is 67.8 Å². The van der Waals surface area contributed by atoms with Gasteiger partial charge in [-0.25, -0.2) is 10.2 Å². The summed E-state index contributed by atoms with van der Waals surface area (Å²) in [6.07, 6.45) is 4.90. The molecule has 0 fully saturated rings. The van der Waals surface area contributed by atoms with Crippen LogP contribution in [0, 0.1) is 5.82 Å². The number of halogens is 4. The number of alkyl halides is 3. The zero-order valence-electron chi connectivity index (χ0n) is 20.4. The normalized spacial score (nSPS) is 14.8. The molecule has 0 aliphatic carbocycles. The van der Waals surface area contributed by atoms with Crippen molar-refractivity contribution in [2.24, 2.45) is 5.84 Å². The van der Waals surface area contributed by atoms with Gasteiger partial charge in [0.15, 0.2) is 0 Å². The number of nitrogens with zero attached hydrogens (tertiary/aromatic N) is 2. The van der Waals surface area contributed by atoms with Crippen LogP contribution in [0.1, 0.15) is 33.1 Å². The Morgan fingerprint density at radius 2 is 1.74 bits per heavy atom. The standard InChI is InChI=1S/C27H35F4N3O/c1-6-10-12-18-33(17-11-7-2)20-26(35,27(29,30)31)23(9-4)19-22(8-3)21(5)34(32)25-15-13-24(28)14-16-25/h6-7,9,12-16,18-19,35H,1-2,4,8,10-11,17,20,32H2,3,5H3/b18-12-,22-21+,23-19+. The summed E-state index contributed by atoms with van der Waals surface area (Å²) in [7, 11) is 0. The van der Waals surface area contributed by atoms with Gasteiger partial charge in [-0.1, -0.05) is 43.9 Å². The van der Waals surface area contributed by atoms with Crippen molar-refractivity contribution in [2.75, 3.05) is 18.1 Å². The molecule has 0 saturated carbocycles. The van der Waals surface area contributed by atoms with Crippen LogP contribution in [0.4, 0.5) is 23.2 Å². The molecule has 0 saturated heterocycles. The maximum atomic E-state index is 14.3. The maximum absolute atomic E-state index is 14.3. The first-order valence-electron chi connectivity index (χ1n) is 11.2. The second-order valence-corrected chi connectivity index (χ2v) is 7.93. The molecule has 0 spiro atoms. The number of allylic oxidation sites excluding steroid dienone is 5. The Morgan fingerprint density at radius 1 is 1.11 bits per heavy atom. The number of hydrogen-bond donors (Lipinski definition) is 2. The average molecular weight is 494 g/mol. The molecule has 0 heterocycles. The summed E-state index contributed by atoms with van der Waals surface area (Å²) in [6, 6.07) is 5.39. The van der Waals surface area contributed by atoms with Crippen LogP contribution in [-0.4, -0.2) is 34.9 Å². The van der Waals surface area contributed by atoms with Crippen molar-refractivity contribution in [2.45, 2.75) is 44.9 Å². The molecule has 0 amide bonds. The Labute approximate surface area is 205 Å². The van der Waals surface area contributed by atoms with Crippen molar-refractivity contribution in [1.29, 1.82) is 0 Å². The lowest BCUT2D eigenvalue weighted by Gasteiger charge is -2.36. The van der Waals surface area contributed by atoms with Crippen molar-refractivity contribution >= 4 is 5.69 Å². The lowest BCUT2D eigenvalue weighted by Crippen LogP contribution is -2.54. The Morgan fingerprint density at radius 3 is 2.23 bits per heavy atom. The van der Waals surface area contributed by atoms with E-state index in [2.05, 4.69) is 19.7 Å². The molecule has 0 aliphatic rings. The topological polar surface area (TPSA) is 52.7 Å². The number of hydrogen-bond acceptors (Lipinski definition) is 4. The van der Waals surface area contributed by atoms with Gasteiger partial charge in [-0.2, -0.15) is 13.2 Å². The van der Waals surface area contributed by atoms with E-state index in [1.165, 1.54) is 46.5 Å². The van der Waals surface area contributed by atoms with Gasteiger partial charge in [0.2, 0.25) is 5.60 Å². The third-order valence-electron chi connectivity index (χ3n) is 5.48. The van der Waals surface area contributed by atoms with Crippen molar-refractivity contribution in [1.82, 2.24) is 4.90 Å². The Bertz CT molecular complexity index is 948. The van der Waals surface area contributed by atoms with Crippen LogP contribution in [-0.2, 0) is 0 Å². The summed E-state index contributed by atoms with van der Waals surface area (Å²) < 4.78 is 56.2. The largest absolute Gasteiger partial charge is 0.423 e. The number of anilines is 1. The molecule has 1 aromatic carbocycles. The van der Waals surface area contributed by atoms with Crippen molar-refractivity contribution in [3.63, 3.8) is 0 Å². The lowest BCUT2D eigenvalue weighted by atomic mass is 9.89. The molecule has 4 nitrogen and oxygen atoms in total. The minimum atomic E-state index is -4.99. The quantitative estimate of drug-likeness (QED) is 0.101. The van der Waals surface area contributed by atoms with E-state index in [9.17, 15) is 22.7 Å². The van der Waals surface area contributed by atoms with Gasteiger partial charge in [0.05, 0.1) is 12.2 Å². The highest BCUT2D eigenvalue weighted by atomic mass is 19.4. The highest BCUT2D eigenvalue weighted by molar-refractivity contribution is 5.52. The van der Waals surface area contributed by atoms with Gasteiger partial charge in [0, 0.05) is 12.2 Å². The molecule has 1 aromatic rings. The van der Waals surface area contributed by atoms with Crippen LogP contribution < -0.4 is 10.9 Å². The first-order chi connectivity index (χ1) is 16.4. The van der Waals surface area contributed by atoms with Gasteiger partial charge in [-0.3, -0.25) is 5.01 Å². The summed E-state index contributed by atoms with van der Waals surface area (Å²) in [4.78, 5) is 1.39. The third kappa shape index (κ3) is 8.26. The smallest absolute Gasteiger partial charge is 0.375 e. The lowest BCUT2D eigenvalue weighted by molar-refractivity contribution is -0.246. The molecule has 192 valence electrons. The van der Waals surface area contributed by atoms with E-state index in [-0.39, 0.29) is 6.54 Å². The van der Waals surface area contributed by atoms with Gasteiger partial charge < -0.3 is 10.0 Å². The maximum Gasteiger partial charge on any atom is 0.423 e. The monoisotopic (exact) mass is 493 g/mol. The summed E-state index contributed by atoms with van der Waals surface area (Å²) in [5, 5.41) is 12.3. The molecule has 1 unspecified atom stereocenters. The zero-order valence-corrected chi connectivity index (χ0v) is 20.4. The van der Waals surface area contributed by atoms with E-state index < -0.39 is 29.7 Å². The van der Waals surface area contributed by atoms with E-state index in [4.69, 9.17) is 5.84 Å². The van der Waals surface area contributed by atoms with Crippen molar-refractivity contribution in [3.8, 4) is 0 Å². The second kappa shape index (κ2) is 13.7. The van der Waals surface area contributed by atoms with Crippen LogP contribution >= 0.6 is 0 Å². The number of nitrogens with two attached hydrogens (primary N) is 1. The van der Waals surface area contributed by atoms with E-state index in [1.54, 1.807) is 32.1 Å². The molecular weight excluding hydrogens is 458 g/mol. The number of benzene rings is 1. The molecule has 1 rings (SSSR count). The zero-order chi connectivity index (χ0) is 26.6. The molecule has 8 heteroatoms. The van der Waals surface area contributed by atoms with E-state index >= 15 is 0 Å². The molecule has 0 aromatic heterocycles. The Hall–Kier alpha value is -3.10. The predicted octanol–water partition coefficient (Wildman–Crippen LogP) is 6.56. The van der Waals surface area contributed by atoms with Crippen LogP contribution in [0.25, 0.3) is 0 Å². The third-order valence-corrected chi connectivity index (χ3v) is 5.48. The molecule has 0 radical (unpaired) electrons. The van der Waals surface area contributed by atoms with Crippen LogP contribution in [0.5, 0.6) is 0 Å². The fraction of sp³-hybridized carbons (Fsp3) is 0.333. The number of hydrazine groups is 1. The first-order valence-corrected chi connectivity index (χ1v) is 11.2. The van der Waals surface area contributed by atoms with Gasteiger partial charge in [0.25, 0.3) is 0 Å². The van der Waals surface area contributed by atoms with Crippen LogP contribution in [0.2, 0.25) is 0 Å². The van der Waals surface area contributed by atoms with Gasteiger partial charge >= 0.3 is 6.18 Å². The molecule has 35 heavy (non-hydrogen) atoms. The van der Waals surface area contributed by atoms with E-state index in [0.29, 0.717) is 36.2 Å². The fourth-order valence-electron chi connectivity index (χ4n) is 3.36. The molecular formula is C27H35F4N3O. The van der Waals surface area contributed by atoms with Gasteiger partial charge in [0.1, 0.15) is 5.82 Å². The van der Waals surface area contributed by atoms with Crippen molar-refractivity contribution < 1.29 is 22.7 Å². The Kier molecular flexibility index (Phi) is 11.7. The number of aliphatic hydroxyl groups is 1.